The van der Waals surface area contributed by atoms with Crippen molar-refractivity contribution >= 4 is 0 Å². The molecule has 0 fully saturated rings. The van der Waals surface area contributed by atoms with E-state index in [0.29, 0.717) is 12.5 Å². The minimum Gasteiger partial charge on any atom is -0.487 e. The quantitative estimate of drug-likeness (QED) is 0.770. The van der Waals surface area contributed by atoms with E-state index in [1.807, 2.05) is 12.1 Å². The van der Waals surface area contributed by atoms with Crippen LogP contribution in [0, 0.1) is 0 Å². The lowest BCUT2D eigenvalue weighted by molar-refractivity contribution is 0.0809. The molecule has 102 valence electrons. The normalized spacial score (nSPS) is 12.7. The first kappa shape index (κ1) is 15.0. The maximum atomic E-state index is 5.96. The molecule has 3 nitrogen and oxygen atoms in total. The van der Waals surface area contributed by atoms with Gasteiger partial charge in [0.15, 0.2) is 0 Å². The van der Waals surface area contributed by atoms with E-state index in [0.717, 1.165) is 18.8 Å². The Morgan fingerprint density at radius 3 is 2.67 bits per heavy atom. The van der Waals surface area contributed by atoms with Crippen molar-refractivity contribution in [3.8, 4) is 5.75 Å². The van der Waals surface area contributed by atoms with Crippen LogP contribution in [0.2, 0.25) is 0 Å². The fourth-order valence-corrected chi connectivity index (χ4v) is 1.77. The van der Waals surface area contributed by atoms with Crippen LogP contribution in [0.4, 0.5) is 0 Å². The van der Waals surface area contributed by atoms with E-state index in [2.05, 4.69) is 38.2 Å². The Labute approximate surface area is 110 Å². The third-order valence-electron chi connectivity index (χ3n) is 2.80. The summed E-state index contributed by atoms with van der Waals surface area (Å²) in [7, 11) is 1.70. The minimum atomic E-state index is 0.0531. The number of methoxy groups -OCH3 is 1. The van der Waals surface area contributed by atoms with Gasteiger partial charge in [-0.05, 0) is 30.2 Å². The summed E-state index contributed by atoms with van der Waals surface area (Å²) < 4.78 is 11.1. The summed E-state index contributed by atoms with van der Waals surface area (Å²) >= 11 is 0. The Hall–Kier alpha value is -1.06. The average molecular weight is 251 g/mol. The van der Waals surface area contributed by atoms with Crippen LogP contribution in [0.25, 0.3) is 0 Å². The van der Waals surface area contributed by atoms with Crippen molar-refractivity contribution in [1.82, 2.24) is 5.32 Å². The van der Waals surface area contributed by atoms with Gasteiger partial charge in [0.1, 0.15) is 11.9 Å². The predicted molar refractivity (Wildman–Crippen MR) is 75.4 cm³/mol. The highest BCUT2D eigenvalue weighted by Gasteiger charge is 2.10. The van der Waals surface area contributed by atoms with Crippen LogP contribution in [-0.2, 0) is 4.74 Å². The number of ether oxygens (including phenoxy) is 2. The van der Waals surface area contributed by atoms with E-state index < -0.39 is 0 Å². The van der Waals surface area contributed by atoms with Crippen molar-refractivity contribution in [3.63, 3.8) is 0 Å². The summed E-state index contributed by atoms with van der Waals surface area (Å²) in [4.78, 5) is 0. The first-order chi connectivity index (χ1) is 8.67. The monoisotopic (exact) mass is 251 g/mol. The molecule has 1 N–H and O–H groups in total. The molecule has 1 rings (SSSR count). The molecular weight excluding hydrogens is 226 g/mol. The van der Waals surface area contributed by atoms with Crippen LogP contribution in [0.1, 0.15) is 32.3 Å². The maximum Gasteiger partial charge on any atom is 0.134 e. The summed E-state index contributed by atoms with van der Waals surface area (Å²) in [6, 6.07) is 8.29. The molecule has 0 aliphatic heterocycles. The van der Waals surface area contributed by atoms with Gasteiger partial charge in [-0.25, -0.2) is 0 Å². The van der Waals surface area contributed by atoms with Gasteiger partial charge in [-0.2, -0.15) is 0 Å². The molecule has 0 aliphatic carbocycles. The van der Waals surface area contributed by atoms with Crippen LogP contribution in [0.3, 0.4) is 0 Å². The number of hydrogen-bond donors (Lipinski definition) is 1. The predicted octanol–water partition coefficient (Wildman–Crippen LogP) is 2.81. The van der Waals surface area contributed by atoms with Gasteiger partial charge in [0, 0.05) is 13.7 Å². The van der Waals surface area contributed by atoms with Gasteiger partial charge in [-0.15, -0.1) is 0 Å². The Bertz CT molecular complexity index is 339. The lowest BCUT2D eigenvalue weighted by atomic mass is 10.0. The van der Waals surface area contributed by atoms with E-state index in [9.17, 15) is 0 Å². The largest absolute Gasteiger partial charge is 0.487 e. The highest BCUT2D eigenvalue weighted by Crippen LogP contribution is 2.20. The van der Waals surface area contributed by atoms with Crippen molar-refractivity contribution < 1.29 is 9.47 Å². The van der Waals surface area contributed by atoms with Gasteiger partial charge >= 0.3 is 0 Å². The lowest BCUT2D eigenvalue weighted by Gasteiger charge is -2.19. The molecule has 0 bridgehead atoms. The zero-order valence-electron chi connectivity index (χ0n) is 11.9. The smallest absolute Gasteiger partial charge is 0.134 e. The SMILES string of the molecule is CCNCC(COC)Oc1cccc(C(C)C)c1. The van der Waals surface area contributed by atoms with Gasteiger partial charge in [0.25, 0.3) is 0 Å². The minimum absolute atomic E-state index is 0.0531. The second-order valence-corrected chi connectivity index (χ2v) is 4.73. The summed E-state index contributed by atoms with van der Waals surface area (Å²) in [6.45, 7) is 8.79. The van der Waals surface area contributed by atoms with Crippen molar-refractivity contribution in [2.45, 2.75) is 32.8 Å². The van der Waals surface area contributed by atoms with Crippen molar-refractivity contribution in [2.24, 2.45) is 0 Å². The molecule has 0 spiro atoms. The van der Waals surface area contributed by atoms with Crippen LogP contribution >= 0.6 is 0 Å². The molecule has 1 unspecified atom stereocenters. The molecular formula is C15H25NO2. The highest BCUT2D eigenvalue weighted by atomic mass is 16.5. The number of hydrogen-bond acceptors (Lipinski definition) is 3. The van der Waals surface area contributed by atoms with Gasteiger partial charge in [-0.1, -0.05) is 32.9 Å². The molecule has 0 saturated heterocycles. The molecule has 1 aromatic rings. The third kappa shape index (κ3) is 5.07. The molecule has 0 aromatic heterocycles. The number of rotatable bonds is 8. The molecule has 18 heavy (non-hydrogen) atoms. The van der Waals surface area contributed by atoms with Crippen molar-refractivity contribution in [2.75, 3.05) is 26.8 Å². The van der Waals surface area contributed by atoms with Crippen LogP contribution in [0.15, 0.2) is 24.3 Å². The van der Waals surface area contributed by atoms with Crippen LogP contribution in [-0.4, -0.2) is 32.9 Å². The summed E-state index contributed by atoms with van der Waals surface area (Å²) in [5, 5.41) is 3.29. The first-order valence-electron chi connectivity index (χ1n) is 6.63. The fraction of sp³-hybridized carbons (Fsp3) is 0.600. The standard InChI is InChI=1S/C15H25NO2/c1-5-16-10-15(11-17-4)18-14-8-6-7-13(9-14)12(2)3/h6-9,12,15-16H,5,10-11H2,1-4H3. The zero-order valence-corrected chi connectivity index (χ0v) is 11.9. The highest BCUT2D eigenvalue weighted by molar-refractivity contribution is 5.30. The van der Waals surface area contributed by atoms with E-state index in [1.165, 1.54) is 5.56 Å². The van der Waals surface area contributed by atoms with Crippen LogP contribution in [0.5, 0.6) is 5.75 Å². The van der Waals surface area contributed by atoms with E-state index in [4.69, 9.17) is 9.47 Å². The van der Waals surface area contributed by atoms with Gasteiger partial charge < -0.3 is 14.8 Å². The number of nitrogens with one attached hydrogen (secondary N) is 1. The average Bonchev–Trinajstić information content (AvgIpc) is 2.36. The van der Waals surface area contributed by atoms with Gasteiger partial charge in [-0.3, -0.25) is 0 Å². The third-order valence-corrected chi connectivity index (χ3v) is 2.80. The molecule has 0 heterocycles. The fourth-order valence-electron chi connectivity index (χ4n) is 1.77. The number of likely N-dealkylation sites (N-methyl/N-ethyl adjacent to an activating group) is 1. The molecule has 0 aliphatic rings. The van der Waals surface area contributed by atoms with Crippen molar-refractivity contribution in [1.29, 1.82) is 0 Å². The molecule has 1 aromatic carbocycles. The Morgan fingerprint density at radius 1 is 1.28 bits per heavy atom. The lowest BCUT2D eigenvalue weighted by Crippen LogP contribution is -2.34. The molecule has 0 radical (unpaired) electrons. The molecule has 0 saturated carbocycles. The molecule has 0 amide bonds. The summed E-state index contributed by atoms with van der Waals surface area (Å²) in [5.74, 6) is 1.43. The first-order valence-corrected chi connectivity index (χ1v) is 6.63. The Kier molecular flexibility index (Phi) is 6.76. The van der Waals surface area contributed by atoms with E-state index in [-0.39, 0.29) is 6.10 Å². The Balaban J connectivity index is 2.64. The van der Waals surface area contributed by atoms with E-state index in [1.54, 1.807) is 7.11 Å². The topological polar surface area (TPSA) is 30.5 Å². The maximum absolute atomic E-state index is 5.96. The summed E-state index contributed by atoms with van der Waals surface area (Å²) in [6.07, 6.45) is 0.0531. The van der Waals surface area contributed by atoms with Crippen molar-refractivity contribution in [3.05, 3.63) is 29.8 Å². The van der Waals surface area contributed by atoms with Gasteiger partial charge in [0.05, 0.1) is 6.61 Å². The molecule has 3 heteroatoms. The van der Waals surface area contributed by atoms with Gasteiger partial charge in [0.2, 0.25) is 0 Å². The summed E-state index contributed by atoms with van der Waals surface area (Å²) in [5.41, 5.74) is 1.30. The molecule has 1 atom stereocenters. The second-order valence-electron chi connectivity index (χ2n) is 4.73. The van der Waals surface area contributed by atoms with E-state index >= 15 is 0 Å². The van der Waals surface area contributed by atoms with Crippen LogP contribution < -0.4 is 10.1 Å². The number of benzene rings is 1. The second kappa shape index (κ2) is 8.11. The Morgan fingerprint density at radius 2 is 2.06 bits per heavy atom. The zero-order chi connectivity index (χ0) is 13.4.